The molecular formula is C14H13F6N4S2+. The van der Waals surface area contributed by atoms with Gasteiger partial charge < -0.3 is 0 Å². The predicted octanol–water partition coefficient (Wildman–Crippen LogP) is 4.45. The lowest BCUT2D eigenvalue weighted by Gasteiger charge is -2.25. The summed E-state index contributed by atoms with van der Waals surface area (Å²) in [6, 6.07) is 4.53. The van der Waals surface area contributed by atoms with Gasteiger partial charge in [0.05, 0.1) is 5.56 Å². The van der Waals surface area contributed by atoms with E-state index in [0.717, 1.165) is 42.8 Å². The summed E-state index contributed by atoms with van der Waals surface area (Å²) in [6.45, 7) is 1.10. The largest absolute Gasteiger partial charge is 0.416 e. The molecule has 0 aliphatic carbocycles. The molecule has 0 bridgehead atoms. The third kappa shape index (κ3) is 2.39. The highest BCUT2D eigenvalue weighted by Gasteiger charge is 2.87. The summed E-state index contributed by atoms with van der Waals surface area (Å²) in [4.78, 5) is 0. The van der Waals surface area contributed by atoms with Crippen LogP contribution >= 0.6 is 23.7 Å². The van der Waals surface area contributed by atoms with E-state index in [1.54, 1.807) is 11.6 Å². The molecule has 0 spiro atoms. The van der Waals surface area contributed by atoms with Crippen molar-refractivity contribution in [1.82, 2.24) is 19.7 Å². The van der Waals surface area contributed by atoms with Gasteiger partial charge in [0.1, 0.15) is 0 Å². The SMILES string of the molecule is CC1(C(F)(F)F)SC[N+]2(c3cccc(C(F)(F)F)c3)C1N2N1NC=CS1. The summed E-state index contributed by atoms with van der Waals surface area (Å²) in [6.07, 6.45) is -8.57. The van der Waals surface area contributed by atoms with Crippen molar-refractivity contribution >= 4 is 29.4 Å². The number of rotatable bonds is 2. The molecular weight excluding hydrogens is 402 g/mol. The maximum Gasteiger partial charge on any atom is 0.416 e. The minimum atomic E-state index is -4.56. The Kier molecular flexibility index (Phi) is 3.85. The van der Waals surface area contributed by atoms with Gasteiger partial charge in [0.25, 0.3) is 6.17 Å². The highest BCUT2D eigenvalue weighted by molar-refractivity contribution is 8.01. The molecule has 0 amide bonds. The average Bonchev–Trinajstić information content (AvgIpc) is 2.86. The Morgan fingerprint density at radius 1 is 1.23 bits per heavy atom. The van der Waals surface area contributed by atoms with Crippen molar-refractivity contribution in [3.63, 3.8) is 0 Å². The second-order valence-corrected chi connectivity index (χ2v) is 8.48. The third-order valence-corrected chi connectivity index (χ3v) is 7.07. The van der Waals surface area contributed by atoms with E-state index in [1.165, 1.54) is 21.8 Å². The zero-order valence-corrected chi connectivity index (χ0v) is 14.8. The Balaban J connectivity index is 1.78. The number of thioether (sulfide) groups is 1. The van der Waals surface area contributed by atoms with E-state index in [-0.39, 0.29) is 16.2 Å². The van der Waals surface area contributed by atoms with E-state index in [2.05, 4.69) is 5.43 Å². The first-order chi connectivity index (χ1) is 12.0. The molecule has 142 valence electrons. The topological polar surface area (TPSA) is 18.3 Å². The number of benzene rings is 1. The van der Waals surface area contributed by atoms with Crippen molar-refractivity contribution in [3.05, 3.63) is 41.4 Å². The zero-order chi connectivity index (χ0) is 19.0. The lowest BCUT2D eigenvalue weighted by molar-refractivity contribution is -0.159. The Hall–Kier alpha value is -1.08. The number of nitrogens with zero attached hydrogens (tertiary/aromatic N) is 3. The molecule has 12 heteroatoms. The summed E-state index contributed by atoms with van der Waals surface area (Å²) < 4.78 is 79.5. The van der Waals surface area contributed by atoms with E-state index in [1.807, 2.05) is 0 Å². The Bertz CT molecular complexity index is 761. The Morgan fingerprint density at radius 2 is 1.96 bits per heavy atom. The standard InChI is InChI=1S/C14H13F6N4S2/c1-12(14(18,19)20)11-22(23-21-5-6-26-23)24(11,8-25-12)10-4-2-3-9(7-10)13(15,16)17/h2-7,11,21H,8H2,1H3/q+1. The third-order valence-electron chi connectivity index (χ3n) is 4.77. The van der Waals surface area contributed by atoms with Crippen molar-refractivity contribution in [2.24, 2.45) is 0 Å². The summed E-state index contributed by atoms with van der Waals surface area (Å²) >= 11 is 1.86. The number of fused-ring (bicyclic) bond motifs is 1. The van der Waals surface area contributed by atoms with Crippen LogP contribution in [0.3, 0.4) is 0 Å². The van der Waals surface area contributed by atoms with Crippen molar-refractivity contribution < 1.29 is 26.3 Å². The maximum atomic E-state index is 13.7. The van der Waals surface area contributed by atoms with Gasteiger partial charge in [0.2, 0.25) is 0 Å². The summed E-state index contributed by atoms with van der Waals surface area (Å²) in [5, 5.41) is 3.08. The van der Waals surface area contributed by atoms with E-state index in [0.29, 0.717) is 0 Å². The fourth-order valence-electron chi connectivity index (χ4n) is 3.39. The van der Waals surface area contributed by atoms with Crippen LogP contribution in [0.25, 0.3) is 0 Å². The second kappa shape index (κ2) is 5.47. The normalized spacial score (nSPS) is 36.9. The van der Waals surface area contributed by atoms with Gasteiger partial charge in [-0.3, -0.25) is 5.43 Å². The van der Waals surface area contributed by atoms with Gasteiger partial charge in [-0.1, -0.05) is 17.8 Å². The predicted molar refractivity (Wildman–Crippen MR) is 87.5 cm³/mol. The number of nitrogens with one attached hydrogen (secondary N) is 1. The van der Waals surface area contributed by atoms with E-state index >= 15 is 0 Å². The van der Waals surface area contributed by atoms with Crippen LogP contribution in [0, 0.1) is 0 Å². The molecule has 0 aromatic heterocycles. The molecule has 0 saturated carbocycles. The van der Waals surface area contributed by atoms with Crippen LogP contribution in [-0.2, 0) is 6.18 Å². The number of hydrogen-bond donors (Lipinski definition) is 1. The van der Waals surface area contributed by atoms with Crippen LogP contribution in [-0.4, -0.2) is 32.6 Å². The fraction of sp³-hybridized carbons (Fsp3) is 0.429. The van der Waals surface area contributed by atoms with E-state index < -0.39 is 28.8 Å². The molecule has 3 aliphatic heterocycles. The van der Waals surface area contributed by atoms with Crippen LogP contribution in [0.5, 0.6) is 0 Å². The molecule has 2 saturated heterocycles. The highest BCUT2D eigenvalue weighted by atomic mass is 32.2. The van der Waals surface area contributed by atoms with Gasteiger partial charge in [-0.15, -0.1) is 0 Å². The quantitative estimate of drug-likeness (QED) is 0.332. The van der Waals surface area contributed by atoms with Crippen LogP contribution < -0.4 is 10.0 Å². The number of halogens is 6. The van der Waals surface area contributed by atoms with Crippen LogP contribution in [0.4, 0.5) is 32.0 Å². The minimum absolute atomic E-state index is 0.0132. The monoisotopic (exact) mass is 415 g/mol. The van der Waals surface area contributed by atoms with Gasteiger partial charge in [-0.05, 0) is 29.5 Å². The van der Waals surface area contributed by atoms with Gasteiger partial charge >= 0.3 is 12.4 Å². The average molecular weight is 415 g/mol. The van der Waals surface area contributed by atoms with Crippen molar-refractivity contribution in [3.8, 4) is 0 Å². The second-order valence-electron chi connectivity index (χ2n) is 6.26. The number of quaternary nitrogens is 1. The molecule has 1 N–H and O–H groups in total. The molecule has 4 nitrogen and oxygen atoms in total. The van der Waals surface area contributed by atoms with Gasteiger partial charge in [0, 0.05) is 28.9 Å². The van der Waals surface area contributed by atoms with Crippen molar-refractivity contribution in [1.29, 1.82) is 0 Å². The lowest BCUT2D eigenvalue weighted by atomic mass is 10.1. The molecule has 3 aliphatic rings. The molecule has 0 radical (unpaired) electrons. The first kappa shape index (κ1) is 18.3. The number of hydrogen-bond acceptors (Lipinski definition) is 5. The molecule has 3 heterocycles. The molecule has 4 rings (SSSR count). The lowest BCUT2D eigenvalue weighted by Crippen LogP contribution is -2.47. The van der Waals surface area contributed by atoms with Crippen molar-refractivity contribution in [2.75, 3.05) is 5.88 Å². The smallest absolute Gasteiger partial charge is 0.298 e. The number of alkyl halides is 6. The van der Waals surface area contributed by atoms with E-state index in [9.17, 15) is 26.3 Å². The van der Waals surface area contributed by atoms with Crippen LogP contribution in [0.1, 0.15) is 12.5 Å². The maximum absolute atomic E-state index is 13.7. The Labute approximate surface area is 153 Å². The first-order valence-electron chi connectivity index (χ1n) is 7.46. The summed E-state index contributed by atoms with van der Waals surface area (Å²) in [5.74, 6) is -0.0132. The van der Waals surface area contributed by atoms with Crippen molar-refractivity contribution in [2.45, 2.75) is 30.2 Å². The Morgan fingerprint density at radius 3 is 2.54 bits per heavy atom. The molecule has 1 aromatic carbocycles. The first-order valence-corrected chi connectivity index (χ1v) is 9.28. The minimum Gasteiger partial charge on any atom is -0.298 e. The molecule has 26 heavy (non-hydrogen) atoms. The molecule has 4 unspecified atom stereocenters. The van der Waals surface area contributed by atoms with Gasteiger partial charge in [0.15, 0.2) is 16.3 Å². The molecule has 1 aromatic rings. The summed E-state index contributed by atoms with van der Waals surface area (Å²) in [7, 11) is 0. The highest BCUT2D eigenvalue weighted by Crippen LogP contribution is 2.66. The molecule has 4 atom stereocenters. The summed E-state index contributed by atoms with van der Waals surface area (Å²) in [5.41, 5.74) is 2.11. The molecule has 2 fully saturated rings. The van der Waals surface area contributed by atoms with E-state index in [4.69, 9.17) is 0 Å². The van der Waals surface area contributed by atoms with Crippen LogP contribution in [0.15, 0.2) is 35.9 Å². The zero-order valence-electron chi connectivity index (χ0n) is 13.2. The van der Waals surface area contributed by atoms with Crippen LogP contribution in [0.2, 0.25) is 0 Å². The fourth-order valence-corrected chi connectivity index (χ4v) is 5.52. The van der Waals surface area contributed by atoms with Gasteiger partial charge in [-0.25, -0.2) is 0 Å². The number of hydrazine groups is 2. The van der Waals surface area contributed by atoms with Gasteiger partial charge in [-0.2, -0.15) is 30.9 Å².